The van der Waals surface area contributed by atoms with E-state index in [2.05, 4.69) is 4.74 Å². The predicted octanol–water partition coefficient (Wildman–Crippen LogP) is 1.17. The van der Waals surface area contributed by atoms with Crippen molar-refractivity contribution in [1.82, 2.24) is 4.90 Å². The second kappa shape index (κ2) is 8.58. The third-order valence-corrected chi connectivity index (χ3v) is 3.88. The number of carbonyl (C=O) groups excluding carboxylic acids is 3. The third-order valence-electron chi connectivity index (χ3n) is 3.88. The molecule has 10 heteroatoms. The molecule has 10 nitrogen and oxygen atoms in total. The van der Waals surface area contributed by atoms with Crippen LogP contribution in [0.3, 0.4) is 0 Å². The van der Waals surface area contributed by atoms with Gasteiger partial charge in [0.2, 0.25) is 0 Å². The molecule has 0 spiro atoms. The zero-order valence-corrected chi connectivity index (χ0v) is 15.2. The van der Waals surface area contributed by atoms with Gasteiger partial charge in [-0.15, -0.1) is 0 Å². The van der Waals surface area contributed by atoms with E-state index in [4.69, 9.17) is 9.47 Å². The molecule has 1 aliphatic heterocycles. The van der Waals surface area contributed by atoms with Gasteiger partial charge in [-0.2, -0.15) is 0 Å². The molecule has 0 unspecified atom stereocenters. The number of non-ortho nitro benzene ring substituents is 1. The van der Waals surface area contributed by atoms with E-state index >= 15 is 0 Å². The minimum absolute atomic E-state index is 0.132. The lowest BCUT2D eigenvalue weighted by Crippen LogP contribution is -2.49. The molecule has 1 aliphatic rings. The number of hydrogen-bond donors (Lipinski definition) is 0. The number of rotatable bonds is 5. The molecule has 1 amide bonds. The molecule has 0 radical (unpaired) electrons. The van der Waals surface area contributed by atoms with E-state index in [0.29, 0.717) is 13.1 Å². The van der Waals surface area contributed by atoms with Crippen molar-refractivity contribution in [3.63, 3.8) is 0 Å². The van der Waals surface area contributed by atoms with Gasteiger partial charge < -0.3 is 19.1 Å². The molecule has 0 aliphatic carbocycles. The van der Waals surface area contributed by atoms with Crippen LogP contribution in [0.4, 0.5) is 5.69 Å². The molecule has 2 rings (SSSR count). The van der Waals surface area contributed by atoms with Gasteiger partial charge in [-0.1, -0.05) is 0 Å². The smallest absolute Gasteiger partial charge is 0.338 e. The van der Waals surface area contributed by atoms with Crippen LogP contribution in [-0.4, -0.2) is 66.7 Å². The van der Waals surface area contributed by atoms with Crippen molar-refractivity contribution < 1.29 is 33.5 Å². The van der Waals surface area contributed by atoms with Crippen LogP contribution in [0.5, 0.6) is 0 Å². The summed E-state index contributed by atoms with van der Waals surface area (Å²) in [6.07, 6.45) is -0.263. The first-order valence-electron chi connectivity index (χ1n) is 8.19. The minimum Gasteiger partial charge on any atom is -0.465 e. The second-order valence-corrected chi connectivity index (χ2v) is 6.15. The van der Waals surface area contributed by atoms with Crippen LogP contribution in [0.2, 0.25) is 0 Å². The minimum atomic E-state index is -0.952. The van der Waals surface area contributed by atoms with Gasteiger partial charge in [-0.25, -0.2) is 9.59 Å². The monoisotopic (exact) mass is 380 g/mol. The molecule has 27 heavy (non-hydrogen) atoms. The molecule has 1 heterocycles. The fourth-order valence-corrected chi connectivity index (χ4v) is 2.75. The van der Waals surface area contributed by atoms with Crippen LogP contribution in [0.1, 0.15) is 34.6 Å². The Kier molecular flexibility index (Phi) is 6.45. The Morgan fingerprint density at radius 1 is 1.15 bits per heavy atom. The van der Waals surface area contributed by atoms with Crippen LogP contribution < -0.4 is 0 Å². The number of esters is 2. The Hall–Kier alpha value is -3.01. The molecule has 146 valence electrons. The summed E-state index contributed by atoms with van der Waals surface area (Å²) < 4.78 is 15.0. The first kappa shape index (κ1) is 20.3. The van der Waals surface area contributed by atoms with Crippen LogP contribution in [0.25, 0.3) is 0 Å². The normalized spacial score (nSPS) is 19.3. The highest BCUT2D eigenvalue weighted by Crippen LogP contribution is 2.19. The highest BCUT2D eigenvalue weighted by molar-refractivity contribution is 5.97. The van der Waals surface area contributed by atoms with Crippen LogP contribution >= 0.6 is 0 Å². The molecular weight excluding hydrogens is 360 g/mol. The number of morpholine rings is 1. The zero-order chi connectivity index (χ0) is 20.1. The third kappa shape index (κ3) is 5.23. The first-order chi connectivity index (χ1) is 12.7. The maximum Gasteiger partial charge on any atom is 0.338 e. The fraction of sp³-hybridized carbons (Fsp3) is 0.471. The standard InChI is InChI=1S/C17H20N2O8/c1-10-7-18(8-11(2)27-10)15(20)9-26-17(22)13-4-12(16(21)25-3)5-14(6-13)19(23)24/h4-6,10-11H,7-9H2,1-3H3/t10-,11-/m1/s1. The van der Waals surface area contributed by atoms with Gasteiger partial charge in [0.25, 0.3) is 11.6 Å². The Labute approximate surface area is 155 Å². The predicted molar refractivity (Wildman–Crippen MR) is 91.3 cm³/mol. The van der Waals surface area contributed by atoms with Crippen molar-refractivity contribution in [2.75, 3.05) is 26.8 Å². The fourth-order valence-electron chi connectivity index (χ4n) is 2.75. The molecular formula is C17H20N2O8. The van der Waals surface area contributed by atoms with Crippen LogP contribution in [0.15, 0.2) is 18.2 Å². The topological polar surface area (TPSA) is 125 Å². The quantitative estimate of drug-likeness (QED) is 0.423. The highest BCUT2D eigenvalue weighted by atomic mass is 16.6. The summed E-state index contributed by atoms with van der Waals surface area (Å²) in [4.78, 5) is 47.8. The summed E-state index contributed by atoms with van der Waals surface area (Å²) in [5, 5.41) is 11.0. The summed E-state index contributed by atoms with van der Waals surface area (Å²) in [5.41, 5.74) is -0.853. The van der Waals surface area contributed by atoms with Crippen molar-refractivity contribution in [2.45, 2.75) is 26.1 Å². The molecule has 2 atom stereocenters. The van der Waals surface area contributed by atoms with Crippen LogP contribution in [-0.2, 0) is 19.0 Å². The highest BCUT2D eigenvalue weighted by Gasteiger charge is 2.27. The second-order valence-electron chi connectivity index (χ2n) is 6.15. The average Bonchev–Trinajstić information content (AvgIpc) is 2.63. The number of benzene rings is 1. The van der Waals surface area contributed by atoms with Gasteiger partial charge in [0, 0.05) is 25.2 Å². The van der Waals surface area contributed by atoms with E-state index in [1.807, 2.05) is 13.8 Å². The van der Waals surface area contributed by atoms with Gasteiger partial charge in [0.05, 0.1) is 35.4 Å². The van der Waals surface area contributed by atoms with Crippen molar-refractivity contribution in [3.8, 4) is 0 Å². The van der Waals surface area contributed by atoms with Gasteiger partial charge in [-0.3, -0.25) is 14.9 Å². The molecule has 1 saturated heterocycles. The Balaban J connectivity index is 2.08. The SMILES string of the molecule is COC(=O)c1cc(C(=O)OCC(=O)N2C[C@@H](C)O[C@H](C)C2)cc([N+](=O)[O-])c1. The van der Waals surface area contributed by atoms with E-state index in [-0.39, 0.29) is 23.3 Å². The maximum atomic E-state index is 12.2. The van der Waals surface area contributed by atoms with E-state index in [0.717, 1.165) is 25.3 Å². The number of nitro benzene ring substituents is 1. The van der Waals surface area contributed by atoms with Gasteiger partial charge in [-0.05, 0) is 19.9 Å². The van der Waals surface area contributed by atoms with E-state index in [1.54, 1.807) is 0 Å². The van der Waals surface area contributed by atoms with Crippen molar-refractivity contribution in [1.29, 1.82) is 0 Å². The number of ether oxygens (including phenoxy) is 3. The van der Waals surface area contributed by atoms with Crippen LogP contribution in [0, 0.1) is 10.1 Å². The van der Waals surface area contributed by atoms with Gasteiger partial charge >= 0.3 is 11.9 Å². The number of amides is 1. The van der Waals surface area contributed by atoms with Crippen molar-refractivity contribution in [2.24, 2.45) is 0 Å². The number of nitrogens with zero attached hydrogens (tertiary/aromatic N) is 2. The molecule has 1 aromatic rings. The number of nitro groups is 1. The lowest BCUT2D eigenvalue weighted by Gasteiger charge is -2.35. The molecule has 0 saturated carbocycles. The largest absolute Gasteiger partial charge is 0.465 e. The Morgan fingerprint density at radius 2 is 1.70 bits per heavy atom. The lowest BCUT2D eigenvalue weighted by atomic mass is 10.1. The number of carbonyl (C=O) groups is 3. The van der Waals surface area contributed by atoms with Gasteiger partial charge in [0.15, 0.2) is 6.61 Å². The van der Waals surface area contributed by atoms with E-state index < -0.39 is 35.1 Å². The Bertz CT molecular complexity index is 753. The van der Waals surface area contributed by atoms with Crippen molar-refractivity contribution >= 4 is 23.5 Å². The molecule has 1 fully saturated rings. The van der Waals surface area contributed by atoms with Crippen molar-refractivity contribution in [3.05, 3.63) is 39.4 Å². The number of hydrogen-bond acceptors (Lipinski definition) is 8. The first-order valence-corrected chi connectivity index (χ1v) is 8.19. The maximum absolute atomic E-state index is 12.2. The summed E-state index contributed by atoms with van der Waals surface area (Å²) >= 11 is 0. The summed E-state index contributed by atoms with van der Waals surface area (Å²) in [6, 6.07) is 3.08. The average molecular weight is 380 g/mol. The Morgan fingerprint density at radius 3 is 2.22 bits per heavy atom. The molecule has 1 aromatic carbocycles. The summed E-state index contributed by atoms with van der Waals surface area (Å²) in [6.45, 7) is 3.90. The van der Waals surface area contributed by atoms with Gasteiger partial charge in [0.1, 0.15) is 0 Å². The zero-order valence-electron chi connectivity index (χ0n) is 15.2. The number of methoxy groups -OCH3 is 1. The van der Waals surface area contributed by atoms with E-state index in [1.165, 1.54) is 4.90 Å². The molecule has 0 N–H and O–H groups in total. The molecule has 0 aromatic heterocycles. The molecule has 0 bridgehead atoms. The summed E-state index contributed by atoms with van der Waals surface area (Å²) in [7, 11) is 1.11. The van der Waals surface area contributed by atoms with E-state index in [9.17, 15) is 24.5 Å². The lowest BCUT2D eigenvalue weighted by molar-refractivity contribution is -0.384. The summed E-state index contributed by atoms with van der Waals surface area (Å²) in [5.74, 6) is -2.18.